The normalized spacial score (nSPS) is 11.4. The summed E-state index contributed by atoms with van der Waals surface area (Å²) in [6, 6.07) is 12.2. The Kier molecular flexibility index (Phi) is 7.12. The lowest BCUT2D eigenvalue weighted by atomic mass is 10.0. The van der Waals surface area contributed by atoms with Crippen LogP contribution in [0.4, 0.5) is 0 Å². The second-order valence-corrected chi connectivity index (χ2v) is 8.82. The van der Waals surface area contributed by atoms with E-state index in [-0.39, 0.29) is 5.69 Å². The monoisotopic (exact) mass is 445 g/mol. The van der Waals surface area contributed by atoms with Crippen LogP contribution in [0.2, 0.25) is 0 Å². The molecular formula is C25H31N7O. The zero-order valence-electron chi connectivity index (χ0n) is 19.5. The molecule has 4 aromatic rings. The van der Waals surface area contributed by atoms with Crippen LogP contribution < -0.4 is 5.69 Å². The zero-order valence-corrected chi connectivity index (χ0v) is 19.5. The van der Waals surface area contributed by atoms with Crippen molar-refractivity contribution in [3.8, 4) is 22.6 Å². The summed E-state index contributed by atoms with van der Waals surface area (Å²) in [5.41, 5.74) is 4.91. The first-order valence-electron chi connectivity index (χ1n) is 11.6. The Morgan fingerprint density at radius 3 is 2.61 bits per heavy atom. The third kappa shape index (κ3) is 5.27. The number of benzene rings is 1. The Morgan fingerprint density at radius 2 is 1.91 bits per heavy atom. The number of tetrazole rings is 1. The SMILES string of the molecule is CCCCCc1cn(CC(C)C)c(=O)n1Cc1ccc(-c2cccnc2-c2nn[nH]n2)cc1. The molecule has 0 amide bonds. The molecule has 8 nitrogen and oxygen atoms in total. The molecule has 0 aliphatic heterocycles. The molecule has 0 aliphatic rings. The smallest absolute Gasteiger partial charge is 0.299 e. The molecule has 33 heavy (non-hydrogen) atoms. The number of hydrogen-bond donors (Lipinski definition) is 1. The molecule has 0 bridgehead atoms. The molecule has 4 rings (SSSR count). The van der Waals surface area contributed by atoms with Crippen molar-refractivity contribution in [2.24, 2.45) is 5.92 Å². The van der Waals surface area contributed by atoms with Gasteiger partial charge in [-0.15, -0.1) is 10.2 Å². The summed E-state index contributed by atoms with van der Waals surface area (Å²) in [6.45, 7) is 7.79. The lowest BCUT2D eigenvalue weighted by molar-refractivity contribution is 0.503. The summed E-state index contributed by atoms with van der Waals surface area (Å²) in [5, 5.41) is 14.3. The van der Waals surface area contributed by atoms with E-state index in [1.165, 1.54) is 12.8 Å². The lowest BCUT2D eigenvalue weighted by Gasteiger charge is -2.10. The number of pyridine rings is 1. The molecule has 0 aliphatic carbocycles. The highest BCUT2D eigenvalue weighted by atomic mass is 16.1. The number of nitrogens with one attached hydrogen (secondary N) is 1. The van der Waals surface area contributed by atoms with Crippen molar-refractivity contribution in [3.63, 3.8) is 0 Å². The summed E-state index contributed by atoms with van der Waals surface area (Å²) in [5.74, 6) is 0.888. The van der Waals surface area contributed by atoms with Gasteiger partial charge >= 0.3 is 5.69 Å². The highest BCUT2D eigenvalue weighted by Crippen LogP contribution is 2.28. The van der Waals surface area contributed by atoms with Gasteiger partial charge in [-0.1, -0.05) is 63.9 Å². The van der Waals surface area contributed by atoms with E-state index in [2.05, 4.69) is 76.8 Å². The highest BCUT2D eigenvalue weighted by Gasteiger charge is 2.14. The van der Waals surface area contributed by atoms with Crippen molar-refractivity contribution in [1.82, 2.24) is 34.7 Å². The van der Waals surface area contributed by atoms with Crippen LogP contribution in [-0.4, -0.2) is 34.7 Å². The number of H-pyrrole nitrogens is 1. The number of rotatable bonds is 10. The van der Waals surface area contributed by atoms with Crippen molar-refractivity contribution in [1.29, 1.82) is 0 Å². The van der Waals surface area contributed by atoms with Crippen LogP contribution in [0, 0.1) is 5.92 Å². The Balaban J connectivity index is 1.60. The van der Waals surface area contributed by atoms with Crippen molar-refractivity contribution >= 4 is 0 Å². The molecule has 0 saturated carbocycles. The van der Waals surface area contributed by atoms with Gasteiger partial charge in [0, 0.05) is 30.2 Å². The van der Waals surface area contributed by atoms with E-state index in [0.29, 0.717) is 24.0 Å². The van der Waals surface area contributed by atoms with Gasteiger partial charge in [0.2, 0.25) is 5.82 Å². The summed E-state index contributed by atoms with van der Waals surface area (Å²) in [7, 11) is 0. The predicted octanol–water partition coefficient (Wildman–Crippen LogP) is 4.33. The van der Waals surface area contributed by atoms with Gasteiger partial charge < -0.3 is 0 Å². The molecule has 1 aromatic carbocycles. The van der Waals surface area contributed by atoms with Gasteiger partial charge in [0.1, 0.15) is 5.69 Å². The topological polar surface area (TPSA) is 94.3 Å². The quantitative estimate of drug-likeness (QED) is 0.367. The van der Waals surface area contributed by atoms with Gasteiger partial charge in [-0.2, -0.15) is 5.21 Å². The van der Waals surface area contributed by atoms with Crippen LogP contribution >= 0.6 is 0 Å². The second kappa shape index (κ2) is 10.4. The van der Waals surface area contributed by atoms with Crippen molar-refractivity contribution in [3.05, 3.63) is 70.5 Å². The number of nitrogens with zero attached hydrogens (tertiary/aromatic N) is 6. The van der Waals surface area contributed by atoms with E-state index in [0.717, 1.165) is 41.8 Å². The number of aromatic amines is 1. The summed E-state index contributed by atoms with van der Waals surface area (Å²) >= 11 is 0. The first kappa shape index (κ1) is 22.6. The third-order valence-corrected chi connectivity index (χ3v) is 5.70. The molecule has 172 valence electrons. The minimum atomic E-state index is 0.0749. The predicted molar refractivity (Wildman–Crippen MR) is 129 cm³/mol. The fourth-order valence-electron chi connectivity index (χ4n) is 4.08. The Hall–Kier alpha value is -3.55. The van der Waals surface area contributed by atoms with Crippen LogP contribution in [0.3, 0.4) is 0 Å². The van der Waals surface area contributed by atoms with Gasteiger partial charge in [0.15, 0.2) is 0 Å². The molecule has 0 radical (unpaired) electrons. The summed E-state index contributed by atoms with van der Waals surface area (Å²) in [4.78, 5) is 17.6. The molecule has 3 aromatic heterocycles. The number of hydrogen-bond acceptors (Lipinski definition) is 5. The molecule has 0 spiro atoms. The standard InChI is InChI=1S/C25H31N7O/c1-4-5-6-8-21-17-31(15-18(2)3)25(33)32(21)16-19-10-12-20(13-11-19)22-9-7-14-26-23(22)24-27-29-30-28-24/h7,9-14,17-18H,4-6,8,15-16H2,1-3H3,(H,27,28,29,30). The van der Waals surface area contributed by atoms with E-state index in [9.17, 15) is 4.79 Å². The molecule has 3 heterocycles. The fourth-order valence-corrected chi connectivity index (χ4v) is 4.08. The van der Waals surface area contributed by atoms with Crippen LogP contribution in [-0.2, 0) is 19.5 Å². The van der Waals surface area contributed by atoms with E-state index < -0.39 is 0 Å². The minimum absolute atomic E-state index is 0.0749. The van der Waals surface area contributed by atoms with Crippen molar-refractivity contribution in [2.75, 3.05) is 0 Å². The van der Waals surface area contributed by atoms with Crippen molar-refractivity contribution < 1.29 is 0 Å². The van der Waals surface area contributed by atoms with Gasteiger partial charge in [-0.05, 0) is 41.2 Å². The van der Waals surface area contributed by atoms with Gasteiger partial charge in [0.25, 0.3) is 0 Å². The second-order valence-electron chi connectivity index (χ2n) is 8.82. The van der Waals surface area contributed by atoms with Gasteiger partial charge in [-0.25, -0.2) is 4.79 Å². The van der Waals surface area contributed by atoms with Gasteiger partial charge in [-0.3, -0.25) is 14.1 Å². The third-order valence-electron chi connectivity index (χ3n) is 5.70. The number of aryl methyl sites for hydroxylation is 1. The van der Waals surface area contributed by atoms with E-state index >= 15 is 0 Å². The highest BCUT2D eigenvalue weighted by molar-refractivity contribution is 5.77. The molecule has 0 unspecified atom stereocenters. The molecular weight excluding hydrogens is 414 g/mol. The number of unbranched alkanes of at least 4 members (excludes halogenated alkanes) is 2. The maximum atomic E-state index is 13.1. The molecule has 0 fully saturated rings. The summed E-state index contributed by atoms with van der Waals surface area (Å²) in [6.07, 6.45) is 8.14. The molecule has 0 saturated heterocycles. The number of aromatic nitrogens is 7. The maximum absolute atomic E-state index is 13.1. The fraction of sp³-hybridized carbons (Fsp3) is 0.400. The van der Waals surface area contributed by atoms with Crippen LogP contribution in [0.1, 0.15) is 51.3 Å². The molecule has 1 N–H and O–H groups in total. The Labute approximate surface area is 193 Å². The van der Waals surface area contributed by atoms with Crippen LogP contribution in [0.5, 0.6) is 0 Å². The van der Waals surface area contributed by atoms with E-state index in [1.54, 1.807) is 6.20 Å². The van der Waals surface area contributed by atoms with E-state index in [4.69, 9.17) is 0 Å². The zero-order chi connectivity index (χ0) is 23.2. The van der Waals surface area contributed by atoms with Crippen LogP contribution in [0.25, 0.3) is 22.6 Å². The Bertz CT molecular complexity index is 1220. The number of imidazole rings is 1. The minimum Gasteiger partial charge on any atom is -0.299 e. The van der Waals surface area contributed by atoms with Gasteiger partial charge in [0.05, 0.1) is 6.54 Å². The lowest BCUT2D eigenvalue weighted by Crippen LogP contribution is -2.26. The van der Waals surface area contributed by atoms with Crippen molar-refractivity contribution in [2.45, 2.75) is 59.5 Å². The Morgan fingerprint density at radius 1 is 1.09 bits per heavy atom. The largest absolute Gasteiger partial charge is 0.328 e. The maximum Gasteiger partial charge on any atom is 0.328 e. The molecule has 0 atom stereocenters. The molecule has 8 heteroatoms. The first-order chi connectivity index (χ1) is 16.1. The first-order valence-corrected chi connectivity index (χ1v) is 11.6. The van der Waals surface area contributed by atoms with E-state index in [1.807, 2.05) is 21.3 Å². The average Bonchev–Trinajstić information content (AvgIpc) is 3.45. The average molecular weight is 446 g/mol. The van der Waals surface area contributed by atoms with Crippen LogP contribution in [0.15, 0.2) is 53.6 Å². The summed E-state index contributed by atoms with van der Waals surface area (Å²) < 4.78 is 3.80.